The van der Waals surface area contributed by atoms with Gasteiger partial charge in [-0.1, -0.05) is 18.2 Å². The lowest BCUT2D eigenvalue weighted by molar-refractivity contribution is 0.0992. The molecule has 0 bridgehead atoms. The number of nitrogens with one attached hydrogen (secondary N) is 1. The summed E-state index contributed by atoms with van der Waals surface area (Å²) >= 11 is 0. The normalized spacial score (nSPS) is 10.2. The highest BCUT2D eigenvalue weighted by Crippen LogP contribution is 2.16. The number of pyridine rings is 1. The molecule has 6 heteroatoms. The average Bonchev–Trinajstić information content (AvgIpc) is 3.11. The molecule has 0 unspecified atom stereocenters. The highest BCUT2D eigenvalue weighted by Gasteiger charge is 2.12. The minimum atomic E-state index is -0.354. The van der Waals surface area contributed by atoms with E-state index in [0.29, 0.717) is 17.3 Å². The maximum absolute atomic E-state index is 12.2. The Bertz CT molecular complexity index is 797. The number of ether oxygens (including phenoxy) is 2. The summed E-state index contributed by atoms with van der Waals surface area (Å²) in [6.45, 7) is 0.251. The average molecular weight is 324 g/mol. The van der Waals surface area contributed by atoms with Crippen molar-refractivity contribution >= 4 is 11.6 Å². The Hall–Kier alpha value is -3.28. The fourth-order valence-electron chi connectivity index (χ4n) is 2.02. The number of hydrogen-bond acceptors (Lipinski definition) is 5. The van der Waals surface area contributed by atoms with Crippen LogP contribution in [-0.4, -0.2) is 18.0 Å². The summed E-state index contributed by atoms with van der Waals surface area (Å²) in [6, 6.07) is 16.1. The second kappa shape index (κ2) is 7.32. The topological polar surface area (TPSA) is 73.6 Å². The van der Waals surface area contributed by atoms with Crippen molar-refractivity contribution in [3.05, 3.63) is 72.3 Å². The SMILES string of the molecule is COc1ccc(NC(=O)c2ccc(COc3ccccc3)o2)cn1. The van der Waals surface area contributed by atoms with Gasteiger partial charge >= 0.3 is 0 Å². The molecule has 0 fully saturated rings. The summed E-state index contributed by atoms with van der Waals surface area (Å²) in [5.41, 5.74) is 0.555. The summed E-state index contributed by atoms with van der Waals surface area (Å²) in [5, 5.41) is 2.71. The number of amides is 1. The molecule has 0 atom stereocenters. The predicted molar refractivity (Wildman–Crippen MR) is 88.2 cm³/mol. The van der Waals surface area contributed by atoms with E-state index >= 15 is 0 Å². The quantitative estimate of drug-likeness (QED) is 0.751. The zero-order valence-corrected chi connectivity index (χ0v) is 13.1. The van der Waals surface area contributed by atoms with E-state index in [2.05, 4.69) is 10.3 Å². The first-order valence-corrected chi connectivity index (χ1v) is 7.32. The first-order valence-electron chi connectivity index (χ1n) is 7.32. The van der Waals surface area contributed by atoms with E-state index < -0.39 is 0 Å². The minimum absolute atomic E-state index is 0.206. The van der Waals surface area contributed by atoms with Gasteiger partial charge in [-0.2, -0.15) is 0 Å². The first kappa shape index (κ1) is 15.6. The van der Waals surface area contributed by atoms with Crippen LogP contribution in [0.4, 0.5) is 5.69 Å². The van der Waals surface area contributed by atoms with Crippen LogP contribution in [0.5, 0.6) is 11.6 Å². The smallest absolute Gasteiger partial charge is 0.291 e. The van der Waals surface area contributed by atoms with Crippen molar-refractivity contribution in [2.45, 2.75) is 6.61 Å². The lowest BCUT2D eigenvalue weighted by Crippen LogP contribution is -2.11. The number of carbonyl (C=O) groups excluding carboxylic acids is 1. The molecular formula is C18H16N2O4. The third-order valence-electron chi connectivity index (χ3n) is 3.21. The molecule has 0 aliphatic rings. The van der Waals surface area contributed by atoms with E-state index in [1.807, 2.05) is 30.3 Å². The Balaban J connectivity index is 1.58. The van der Waals surface area contributed by atoms with Crippen molar-refractivity contribution in [1.82, 2.24) is 4.98 Å². The van der Waals surface area contributed by atoms with Gasteiger partial charge < -0.3 is 19.2 Å². The first-order chi connectivity index (χ1) is 11.7. The Morgan fingerprint density at radius 1 is 1.12 bits per heavy atom. The lowest BCUT2D eigenvalue weighted by atomic mass is 10.3. The molecule has 6 nitrogen and oxygen atoms in total. The van der Waals surface area contributed by atoms with E-state index in [-0.39, 0.29) is 18.3 Å². The number of benzene rings is 1. The summed E-state index contributed by atoms with van der Waals surface area (Å²) < 4.78 is 16.1. The molecule has 122 valence electrons. The Kier molecular flexibility index (Phi) is 4.76. The largest absolute Gasteiger partial charge is 0.486 e. The van der Waals surface area contributed by atoms with Crippen LogP contribution in [0.15, 0.2) is 65.2 Å². The van der Waals surface area contributed by atoms with Crippen LogP contribution < -0.4 is 14.8 Å². The van der Waals surface area contributed by atoms with Crippen molar-refractivity contribution in [3.8, 4) is 11.6 Å². The van der Waals surface area contributed by atoms with Gasteiger partial charge in [0.2, 0.25) is 5.88 Å². The summed E-state index contributed by atoms with van der Waals surface area (Å²) in [5.74, 6) is 1.64. The molecule has 24 heavy (non-hydrogen) atoms. The fourth-order valence-corrected chi connectivity index (χ4v) is 2.02. The number of rotatable bonds is 6. The van der Waals surface area contributed by atoms with Crippen LogP contribution in [0.2, 0.25) is 0 Å². The summed E-state index contributed by atoms with van der Waals surface area (Å²) in [4.78, 5) is 16.2. The van der Waals surface area contributed by atoms with Crippen LogP contribution in [0, 0.1) is 0 Å². The van der Waals surface area contributed by atoms with Crippen LogP contribution in [0.3, 0.4) is 0 Å². The van der Waals surface area contributed by atoms with Gasteiger partial charge in [0.15, 0.2) is 5.76 Å². The lowest BCUT2D eigenvalue weighted by Gasteiger charge is -2.04. The molecule has 2 heterocycles. The minimum Gasteiger partial charge on any atom is -0.486 e. The molecule has 0 saturated carbocycles. The third-order valence-corrected chi connectivity index (χ3v) is 3.21. The van der Waals surface area contributed by atoms with Gasteiger partial charge in [0.05, 0.1) is 19.0 Å². The number of anilines is 1. The molecule has 0 saturated heterocycles. The van der Waals surface area contributed by atoms with Crippen LogP contribution in [-0.2, 0) is 6.61 Å². The van der Waals surface area contributed by atoms with Crippen molar-refractivity contribution in [1.29, 1.82) is 0 Å². The van der Waals surface area contributed by atoms with E-state index in [1.54, 1.807) is 24.3 Å². The van der Waals surface area contributed by atoms with Crippen molar-refractivity contribution in [3.63, 3.8) is 0 Å². The number of aromatic nitrogens is 1. The molecule has 1 N–H and O–H groups in total. The second-order valence-electron chi connectivity index (χ2n) is 4.91. The van der Waals surface area contributed by atoms with Gasteiger partial charge in [-0.05, 0) is 30.3 Å². The van der Waals surface area contributed by atoms with Crippen molar-refractivity contribution < 1.29 is 18.7 Å². The highest BCUT2D eigenvalue weighted by molar-refractivity contribution is 6.02. The van der Waals surface area contributed by atoms with Gasteiger partial charge in [0.25, 0.3) is 5.91 Å². The molecule has 1 aromatic carbocycles. The summed E-state index contributed by atoms with van der Waals surface area (Å²) in [6.07, 6.45) is 1.51. The van der Waals surface area contributed by atoms with Gasteiger partial charge in [-0.3, -0.25) is 4.79 Å². The zero-order chi connectivity index (χ0) is 16.8. The van der Waals surface area contributed by atoms with Crippen molar-refractivity contribution in [2.75, 3.05) is 12.4 Å². The maximum Gasteiger partial charge on any atom is 0.291 e. The third kappa shape index (κ3) is 3.92. The fraction of sp³-hybridized carbons (Fsp3) is 0.111. The van der Waals surface area contributed by atoms with E-state index in [9.17, 15) is 4.79 Å². The van der Waals surface area contributed by atoms with E-state index in [1.165, 1.54) is 13.3 Å². The van der Waals surface area contributed by atoms with Crippen LogP contribution >= 0.6 is 0 Å². The number of para-hydroxylation sites is 1. The number of methoxy groups -OCH3 is 1. The molecule has 3 rings (SSSR count). The Morgan fingerprint density at radius 2 is 1.96 bits per heavy atom. The van der Waals surface area contributed by atoms with Gasteiger partial charge in [0.1, 0.15) is 18.1 Å². The second-order valence-corrected chi connectivity index (χ2v) is 4.91. The van der Waals surface area contributed by atoms with Crippen molar-refractivity contribution in [2.24, 2.45) is 0 Å². The Labute approximate surface area is 139 Å². The van der Waals surface area contributed by atoms with Gasteiger partial charge in [-0.25, -0.2) is 4.98 Å². The standard InChI is InChI=1S/C18H16N2O4/c1-22-17-10-7-13(11-19-17)20-18(21)16-9-8-15(24-16)12-23-14-5-3-2-4-6-14/h2-11H,12H2,1H3,(H,20,21). The molecule has 0 spiro atoms. The molecule has 0 aliphatic carbocycles. The van der Waals surface area contributed by atoms with Crippen LogP contribution in [0.25, 0.3) is 0 Å². The van der Waals surface area contributed by atoms with Gasteiger partial charge in [-0.15, -0.1) is 0 Å². The number of carbonyl (C=O) groups is 1. The van der Waals surface area contributed by atoms with Crippen LogP contribution in [0.1, 0.15) is 16.3 Å². The van der Waals surface area contributed by atoms with E-state index in [4.69, 9.17) is 13.9 Å². The Morgan fingerprint density at radius 3 is 2.67 bits per heavy atom. The molecular weight excluding hydrogens is 308 g/mol. The molecule has 0 aliphatic heterocycles. The van der Waals surface area contributed by atoms with Gasteiger partial charge in [0, 0.05) is 6.07 Å². The molecule has 2 aromatic heterocycles. The number of furan rings is 1. The monoisotopic (exact) mass is 324 g/mol. The molecule has 1 amide bonds. The number of nitrogens with zero attached hydrogens (tertiary/aromatic N) is 1. The number of hydrogen-bond donors (Lipinski definition) is 1. The molecule has 0 radical (unpaired) electrons. The summed E-state index contributed by atoms with van der Waals surface area (Å²) in [7, 11) is 1.53. The maximum atomic E-state index is 12.2. The molecule has 3 aromatic rings. The predicted octanol–water partition coefficient (Wildman–Crippen LogP) is 3.51. The highest BCUT2D eigenvalue weighted by atomic mass is 16.5. The zero-order valence-electron chi connectivity index (χ0n) is 13.1. The van der Waals surface area contributed by atoms with E-state index in [0.717, 1.165) is 5.75 Å².